The molecule has 1 aliphatic carbocycles. The average molecular weight is 208 g/mol. The van der Waals surface area contributed by atoms with E-state index in [1.807, 2.05) is 0 Å². The normalized spacial score (nSPS) is 29.5. The Kier molecular flexibility index (Phi) is 3.48. The first kappa shape index (κ1) is 11.2. The second-order valence-electron chi connectivity index (χ2n) is 5.53. The number of hydrogen-bond donors (Lipinski definition) is 0. The molecule has 0 radical (unpaired) electrons. The maximum Gasteiger partial charge on any atom is 0.145 e. The van der Waals surface area contributed by atoms with E-state index in [1.54, 1.807) is 0 Å². The van der Waals surface area contributed by atoms with Crippen LogP contribution in [0.25, 0.3) is 0 Å². The third kappa shape index (κ3) is 2.11. The highest BCUT2D eigenvalue weighted by atomic mass is 15.0. The molecule has 1 atom stereocenters. The predicted octanol–water partition coefficient (Wildman–Crippen LogP) is 3.47. The summed E-state index contributed by atoms with van der Waals surface area (Å²) < 4.78 is 2.55. The zero-order valence-electron chi connectivity index (χ0n) is 10.5. The maximum atomic E-state index is 2.55. The number of rotatable bonds is 3. The predicted molar refractivity (Wildman–Crippen MR) is 65.6 cm³/mol. The molecule has 2 rings (SSSR count). The molecule has 0 bridgehead atoms. The highest BCUT2D eigenvalue weighted by molar-refractivity contribution is 5.53. The molecule has 1 aliphatic heterocycles. The summed E-state index contributed by atoms with van der Waals surface area (Å²) in [4.78, 5) is 0. The Bertz CT molecular complexity index is 236. The quantitative estimate of drug-likeness (QED) is 0.625. The van der Waals surface area contributed by atoms with E-state index < -0.39 is 0 Å². The second kappa shape index (κ2) is 4.67. The number of nitrogens with zero attached hydrogens (tertiary/aromatic N) is 1. The van der Waals surface area contributed by atoms with Gasteiger partial charge in [0.1, 0.15) is 19.3 Å². The molecule has 15 heavy (non-hydrogen) atoms. The standard InChI is InChI=1S/C14H26N/c1-3-7-13-12-15(4-2)11-10-14(13)8-5-6-9-14/h11,13H,3-10,12H2,1-2H3/q+1. The van der Waals surface area contributed by atoms with Gasteiger partial charge in [-0.25, -0.2) is 4.58 Å². The van der Waals surface area contributed by atoms with Gasteiger partial charge in [-0.3, -0.25) is 0 Å². The first-order chi connectivity index (χ1) is 7.30. The molecule has 86 valence electrons. The first-order valence-electron chi connectivity index (χ1n) is 6.88. The molecule has 1 spiro atoms. The highest BCUT2D eigenvalue weighted by Crippen LogP contribution is 2.49. The largest absolute Gasteiger partial charge is 0.240 e. The molecule has 1 saturated carbocycles. The minimum absolute atomic E-state index is 0.724. The van der Waals surface area contributed by atoms with Crippen molar-refractivity contribution in [3.63, 3.8) is 0 Å². The van der Waals surface area contributed by atoms with Crippen LogP contribution >= 0.6 is 0 Å². The van der Waals surface area contributed by atoms with Crippen LogP contribution in [0.2, 0.25) is 0 Å². The van der Waals surface area contributed by atoms with Crippen molar-refractivity contribution >= 4 is 6.21 Å². The van der Waals surface area contributed by atoms with Gasteiger partial charge < -0.3 is 0 Å². The number of hydrogen-bond acceptors (Lipinski definition) is 0. The topological polar surface area (TPSA) is 3.01 Å². The molecule has 0 saturated heterocycles. The summed E-state index contributed by atoms with van der Waals surface area (Å²) >= 11 is 0. The average Bonchev–Trinajstić information content (AvgIpc) is 2.72. The molecule has 2 aliphatic rings. The van der Waals surface area contributed by atoms with E-state index in [2.05, 4.69) is 24.6 Å². The van der Waals surface area contributed by atoms with Gasteiger partial charge in [-0.2, -0.15) is 0 Å². The molecule has 1 nitrogen and oxygen atoms in total. The van der Waals surface area contributed by atoms with Gasteiger partial charge in [0, 0.05) is 12.3 Å². The Hall–Kier alpha value is -0.330. The van der Waals surface area contributed by atoms with Gasteiger partial charge in [0.05, 0.1) is 0 Å². The molecule has 1 heterocycles. The molecule has 0 amide bonds. The van der Waals surface area contributed by atoms with Gasteiger partial charge in [0.2, 0.25) is 0 Å². The first-order valence-corrected chi connectivity index (χ1v) is 6.88. The highest BCUT2D eigenvalue weighted by Gasteiger charge is 2.44. The van der Waals surface area contributed by atoms with Crippen molar-refractivity contribution in [1.82, 2.24) is 0 Å². The van der Waals surface area contributed by atoms with Gasteiger partial charge >= 0.3 is 0 Å². The van der Waals surface area contributed by atoms with Crippen LogP contribution < -0.4 is 0 Å². The zero-order valence-corrected chi connectivity index (χ0v) is 10.5. The Morgan fingerprint density at radius 1 is 1.27 bits per heavy atom. The van der Waals surface area contributed by atoms with E-state index >= 15 is 0 Å². The molecule has 0 aromatic heterocycles. The molecule has 1 fully saturated rings. The monoisotopic (exact) mass is 208 g/mol. The minimum atomic E-state index is 0.724. The van der Waals surface area contributed by atoms with Crippen LogP contribution in [0.5, 0.6) is 0 Å². The van der Waals surface area contributed by atoms with Crippen molar-refractivity contribution in [2.75, 3.05) is 13.1 Å². The summed E-state index contributed by atoms with van der Waals surface area (Å²) in [5, 5.41) is 0. The molecule has 0 aromatic carbocycles. The zero-order chi connectivity index (χ0) is 10.7. The van der Waals surface area contributed by atoms with Gasteiger partial charge in [0.25, 0.3) is 0 Å². The van der Waals surface area contributed by atoms with E-state index in [0.29, 0.717) is 0 Å². The van der Waals surface area contributed by atoms with E-state index in [1.165, 1.54) is 58.0 Å². The van der Waals surface area contributed by atoms with Gasteiger partial charge in [0.15, 0.2) is 0 Å². The fraction of sp³-hybridized carbons (Fsp3) is 0.929. The van der Waals surface area contributed by atoms with Crippen LogP contribution in [-0.2, 0) is 0 Å². The summed E-state index contributed by atoms with van der Waals surface area (Å²) in [7, 11) is 0. The summed E-state index contributed by atoms with van der Waals surface area (Å²) in [5.41, 5.74) is 0.724. The summed E-state index contributed by atoms with van der Waals surface area (Å²) in [6.45, 7) is 7.17. The smallest absolute Gasteiger partial charge is 0.145 e. The summed E-state index contributed by atoms with van der Waals surface area (Å²) in [5.74, 6) is 0.981. The van der Waals surface area contributed by atoms with Gasteiger partial charge in [-0.15, -0.1) is 0 Å². The Morgan fingerprint density at radius 3 is 2.60 bits per heavy atom. The Morgan fingerprint density at radius 2 is 2.00 bits per heavy atom. The second-order valence-corrected chi connectivity index (χ2v) is 5.53. The molecule has 1 unspecified atom stereocenters. The van der Waals surface area contributed by atoms with Gasteiger partial charge in [-0.05, 0) is 31.6 Å². The fourth-order valence-corrected chi connectivity index (χ4v) is 3.72. The summed E-state index contributed by atoms with van der Waals surface area (Å²) in [6.07, 6.45) is 12.7. The SMILES string of the molecule is CCCC1C[N+](CC)=CCC12CCCC2. The lowest BCUT2D eigenvalue weighted by Gasteiger charge is -2.37. The van der Waals surface area contributed by atoms with Crippen LogP contribution in [-0.4, -0.2) is 23.9 Å². The van der Waals surface area contributed by atoms with E-state index in [9.17, 15) is 0 Å². The van der Waals surface area contributed by atoms with Crippen molar-refractivity contribution in [3.05, 3.63) is 0 Å². The van der Waals surface area contributed by atoms with Crippen molar-refractivity contribution < 1.29 is 4.58 Å². The summed E-state index contributed by atoms with van der Waals surface area (Å²) in [6, 6.07) is 0. The van der Waals surface area contributed by atoms with Crippen molar-refractivity contribution in [3.8, 4) is 0 Å². The van der Waals surface area contributed by atoms with Crippen LogP contribution in [0, 0.1) is 11.3 Å². The molecule has 0 N–H and O–H groups in total. The fourth-order valence-electron chi connectivity index (χ4n) is 3.72. The lowest BCUT2D eigenvalue weighted by atomic mass is 9.68. The van der Waals surface area contributed by atoms with E-state index in [4.69, 9.17) is 0 Å². The molecule has 0 aromatic rings. The lowest BCUT2D eigenvalue weighted by molar-refractivity contribution is -0.538. The minimum Gasteiger partial charge on any atom is -0.240 e. The van der Waals surface area contributed by atoms with Crippen molar-refractivity contribution in [2.45, 2.75) is 58.8 Å². The van der Waals surface area contributed by atoms with Crippen LogP contribution in [0.1, 0.15) is 58.8 Å². The van der Waals surface area contributed by atoms with Crippen molar-refractivity contribution in [2.24, 2.45) is 11.3 Å². The third-order valence-electron chi connectivity index (χ3n) is 4.72. The molecular formula is C14H26N+. The Balaban J connectivity index is 2.12. The van der Waals surface area contributed by atoms with E-state index in [0.717, 1.165) is 11.3 Å². The molecular weight excluding hydrogens is 182 g/mol. The van der Waals surface area contributed by atoms with E-state index in [-0.39, 0.29) is 0 Å². The molecule has 1 heteroatoms. The lowest BCUT2D eigenvalue weighted by Crippen LogP contribution is -2.40. The van der Waals surface area contributed by atoms with Gasteiger partial charge in [-0.1, -0.05) is 26.2 Å². The van der Waals surface area contributed by atoms with Crippen LogP contribution in [0.4, 0.5) is 0 Å². The third-order valence-corrected chi connectivity index (χ3v) is 4.72. The Labute approximate surface area is 94.6 Å². The van der Waals surface area contributed by atoms with Crippen LogP contribution in [0.15, 0.2) is 0 Å². The van der Waals surface area contributed by atoms with Crippen LogP contribution in [0.3, 0.4) is 0 Å². The maximum absolute atomic E-state index is 2.55. The van der Waals surface area contributed by atoms with Crippen molar-refractivity contribution in [1.29, 1.82) is 0 Å².